The number of rotatable bonds is 7. The molecule has 126 valence electrons. The molecule has 1 aromatic carbocycles. The van der Waals surface area contributed by atoms with Crippen molar-refractivity contribution in [3.8, 4) is 11.4 Å². The van der Waals surface area contributed by atoms with Gasteiger partial charge in [0.1, 0.15) is 0 Å². The third-order valence-electron chi connectivity index (χ3n) is 3.08. The second kappa shape index (κ2) is 8.79. The van der Waals surface area contributed by atoms with E-state index >= 15 is 0 Å². The first-order valence-corrected chi connectivity index (χ1v) is 7.71. The fourth-order valence-electron chi connectivity index (χ4n) is 1.95. The van der Waals surface area contributed by atoms with Crippen LogP contribution in [0.25, 0.3) is 11.4 Å². The van der Waals surface area contributed by atoms with Gasteiger partial charge >= 0.3 is 6.03 Å². The van der Waals surface area contributed by atoms with E-state index in [1.54, 1.807) is 6.20 Å². The standard InChI is InChI=1S/C18H22N4O2/c1-13(2)12-24-11-10-20-18(23)22-16-6-4-15(5-7-16)17-19-9-8-14(3)21-17/h4-9H,1,10-12H2,2-3H3,(H2,20,22,23). The fraction of sp³-hybridized carbons (Fsp3) is 0.278. The first-order chi connectivity index (χ1) is 11.5. The number of hydrogen-bond donors (Lipinski definition) is 2. The summed E-state index contributed by atoms with van der Waals surface area (Å²) in [7, 11) is 0. The zero-order valence-electron chi connectivity index (χ0n) is 14.0. The molecule has 0 saturated heterocycles. The minimum absolute atomic E-state index is 0.270. The number of aromatic nitrogens is 2. The van der Waals surface area contributed by atoms with Crippen LogP contribution in [-0.4, -0.2) is 35.8 Å². The van der Waals surface area contributed by atoms with Crippen LogP contribution in [0.3, 0.4) is 0 Å². The summed E-state index contributed by atoms with van der Waals surface area (Å²) >= 11 is 0. The molecule has 6 heteroatoms. The lowest BCUT2D eigenvalue weighted by Crippen LogP contribution is -2.31. The largest absolute Gasteiger partial charge is 0.375 e. The minimum atomic E-state index is -0.270. The number of amides is 2. The van der Waals surface area contributed by atoms with Crippen LogP contribution < -0.4 is 10.6 Å². The fourth-order valence-corrected chi connectivity index (χ4v) is 1.95. The molecule has 0 atom stereocenters. The second-order valence-corrected chi connectivity index (χ2v) is 5.49. The molecule has 0 radical (unpaired) electrons. The molecule has 6 nitrogen and oxygen atoms in total. The van der Waals surface area contributed by atoms with Crippen LogP contribution in [0.4, 0.5) is 10.5 Å². The van der Waals surface area contributed by atoms with Gasteiger partial charge in [-0.2, -0.15) is 0 Å². The highest BCUT2D eigenvalue weighted by Crippen LogP contribution is 2.17. The Morgan fingerprint density at radius 1 is 1.25 bits per heavy atom. The number of hydrogen-bond acceptors (Lipinski definition) is 4. The van der Waals surface area contributed by atoms with Crippen LogP contribution >= 0.6 is 0 Å². The molecule has 24 heavy (non-hydrogen) atoms. The summed E-state index contributed by atoms with van der Waals surface area (Å²) in [4.78, 5) is 20.4. The van der Waals surface area contributed by atoms with Gasteiger partial charge in [0.05, 0.1) is 13.2 Å². The summed E-state index contributed by atoms with van der Waals surface area (Å²) < 4.78 is 5.31. The molecule has 2 N–H and O–H groups in total. The van der Waals surface area contributed by atoms with Gasteiger partial charge in [0.25, 0.3) is 0 Å². The third-order valence-corrected chi connectivity index (χ3v) is 3.08. The predicted octanol–water partition coefficient (Wildman–Crippen LogP) is 3.17. The van der Waals surface area contributed by atoms with Crippen molar-refractivity contribution in [3.05, 3.63) is 54.4 Å². The molecule has 1 aromatic heterocycles. The van der Waals surface area contributed by atoms with Crippen molar-refractivity contribution in [3.63, 3.8) is 0 Å². The number of carbonyl (C=O) groups is 1. The van der Waals surface area contributed by atoms with E-state index in [2.05, 4.69) is 27.2 Å². The van der Waals surface area contributed by atoms with E-state index in [1.807, 2.05) is 44.2 Å². The molecule has 0 aliphatic carbocycles. The number of ether oxygens (including phenoxy) is 1. The number of carbonyl (C=O) groups excluding carboxylic acids is 1. The lowest BCUT2D eigenvalue weighted by atomic mass is 10.2. The Bertz CT molecular complexity index is 698. The van der Waals surface area contributed by atoms with Gasteiger partial charge in [-0.15, -0.1) is 0 Å². The number of nitrogens with zero attached hydrogens (tertiary/aromatic N) is 2. The lowest BCUT2D eigenvalue weighted by molar-refractivity contribution is 0.159. The average Bonchev–Trinajstić information content (AvgIpc) is 2.55. The van der Waals surface area contributed by atoms with Crippen molar-refractivity contribution in [2.45, 2.75) is 13.8 Å². The van der Waals surface area contributed by atoms with Gasteiger partial charge in [-0.05, 0) is 44.2 Å². The number of benzene rings is 1. The SMILES string of the molecule is C=C(C)COCCNC(=O)Nc1ccc(-c2nccc(C)n2)cc1. The van der Waals surface area contributed by atoms with Gasteiger partial charge in [-0.3, -0.25) is 0 Å². The maximum atomic E-state index is 11.8. The van der Waals surface area contributed by atoms with Crippen molar-refractivity contribution in [2.75, 3.05) is 25.1 Å². The first-order valence-electron chi connectivity index (χ1n) is 7.71. The van der Waals surface area contributed by atoms with Crippen LogP contribution in [0.5, 0.6) is 0 Å². The molecule has 0 bridgehead atoms. The molecule has 0 aliphatic rings. The zero-order chi connectivity index (χ0) is 17.4. The number of nitrogens with one attached hydrogen (secondary N) is 2. The van der Waals surface area contributed by atoms with Crippen LogP contribution in [0.2, 0.25) is 0 Å². The summed E-state index contributed by atoms with van der Waals surface area (Å²) in [5.41, 5.74) is 3.47. The lowest BCUT2D eigenvalue weighted by Gasteiger charge is -2.09. The van der Waals surface area contributed by atoms with Gasteiger partial charge in [0, 0.05) is 29.7 Å². The molecule has 0 spiro atoms. The number of urea groups is 1. The second-order valence-electron chi connectivity index (χ2n) is 5.49. The van der Waals surface area contributed by atoms with Crippen LogP contribution in [0.15, 0.2) is 48.7 Å². The molecule has 0 fully saturated rings. The average molecular weight is 326 g/mol. The maximum Gasteiger partial charge on any atom is 0.319 e. The van der Waals surface area contributed by atoms with Gasteiger partial charge in [-0.25, -0.2) is 14.8 Å². The minimum Gasteiger partial charge on any atom is -0.375 e. The smallest absolute Gasteiger partial charge is 0.319 e. The normalized spacial score (nSPS) is 10.2. The van der Waals surface area contributed by atoms with E-state index in [4.69, 9.17) is 4.74 Å². The van der Waals surface area contributed by atoms with Crippen molar-refractivity contribution in [1.82, 2.24) is 15.3 Å². The Morgan fingerprint density at radius 2 is 2.00 bits per heavy atom. The maximum absolute atomic E-state index is 11.8. The molecule has 0 aliphatic heterocycles. The zero-order valence-corrected chi connectivity index (χ0v) is 14.0. The van der Waals surface area contributed by atoms with Crippen LogP contribution in [-0.2, 0) is 4.74 Å². The molecule has 0 unspecified atom stereocenters. The molecule has 1 heterocycles. The highest BCUT2D eigenvalue weighted by atomic mass is 16.5. The number of aryl methyl sites for hydroxylation is 1. The van der Waals surface area contributed by atoms with Gasteiger partial charge in [0.15, 0.2) is 5.82 Å². The summed E-state index contributed by atoms with van der Waals surface area (Å²) in [5.74, 6) is 0.667. The van der Waals surface area contributed by atoms with Crippen LogP contribution in [0.1, 0.15) is 12.6 Å². The van der Waals surface area contributed by atoms with Crippen molar-refractivity contribution < 1.29 is 9.53 Å². The van der Waals surface area contributed by atoms with Gasteiger partial charge in [-0.1, -0.05) is 12.2 Å². The van der Waals surface area contributed by atoms with E-state index in [9.17, 15) is 4.79 Å². The Hall–Kier alpha value is -2.73. The van der Waals surface area contributed by atoms with E-state index < -0.39 is 0 Å². The number of anilines is 1. The third kappa shape index (κ3) is 5.81. The quantitative estimate of drug-likeness (QED) is 0.605. The molecular formula is C18H22N4O2. The van der Waals surface area contributed by atoms with E-state index in [1.165, 1.54) is 0 Å². The highest BCUT2D eigenvalue weighted by molar-refractivity contribution is 5.89. The Balaban J connectivity index is 1.81. The Kier molecular flexibility index (Phi) is 6.45. The molecule has 0 saturated carbocycles. The van der Waals surface area contributed by atoms with E-state index in [-0.39, 0.29) is 6.03 Å². The van der Waals surface area contributed by atoms with Gasteiger partial charge < -0.3 is 15.4 Å². The predicted molar refractivity (Wildman–Crippen MR) is 94.9 cm³/mol. The Labute approximate surface area is 142 Å². The van der Waals surface area contributed by atoms with Crippen molar-refractivity contribution in [2.24, 2.45) is 0 Å². The Morgan fingerprint density at radius 3 is 2.67 bits per heavy atom. The van der Waals surface area contributed by atoms with E-state index in [0.29, 0.717) is 31.3 Å². The summed E-state index contributed by atoms with van der Waals surface area (Å²) in [6.45, 7) is 8.95. The van der Waals surface area contributed by atoms with Crippen molar-refractivity contribution >= 4 is 11.7 Å². The summed E-state index contributed by atoms with van der Waals surface area (Å²) in [5, 5.41) is 5.50. The van der Waals surface area contributed by atoms with Gasteiger partial charge in [0.2, 0.25) is 0 Å². The summed E-state index contributed by atoms with van der Waals surface area (Å²) in [6.07, 6.45) is 1.73. The molecule has 2 aromatic rings. The van der Waals surface area contributed by atoms with Crippen LogP contribution in [0, 0.1) is 6.92 Å². The topological polar surface area (TPSA) is 76.1 Å². The summed E-state index contributed by atoms with van der Waals surface area (Å²) in [6, 6.07) is 8.97. The monoisotopic (exact) mass is 326 g/mol. The molecule has 2 rings (SSSR count). The van der Waals surface area contributed by atoms with E-state index in [0.717, 1.165) is 16.8 Å². The first kappa shape index (κ1) is 17.6. The highest BCUT2D eigenvalue weighted by Gasteiger charge is 2.04. The molecular weight excluding hydrogens is 304 g/mol. The van der Waals surface area contributed by atoms with Crippen molar-refractivity contribution in [1.29, 1.82) is 0 Å². The molecule has 2 amide bonds.